The number of para-hydroxylation sites is 1. The molecular formula is C56H33N5S2. The van der Waals surface area contributed by atoms with Gasteiger partial charge in [-0.05, 0) is 82.9 Å². The first-order chi connectivity index (χ1) is 31.2. The summed E-state index contributed by atoms with van der Waals surface area (Å²) in [6, 6.07) is 67.1. The lowest BCUT2D eigenvalue weighted by atomic mass is 10.0. The third-order valence-electron chi connectivity index (χ3n) is 12.1. The lowest BCUT2D eigenvalue weighted by molar-refractivity contribution is 1.07. The third kappa shape index (κ3) is 5.97. The summed E-state index contributed by atoms with van der Waals surface area (Å²) in [6.45, 7) is 0. The van der Waals surface area contributed by atoms with Crippen LogP contribution in [-0.2, 0) is 0 Å². The van der Waals surface area contributed by atoms with E-state index in [9.17, 15) is 0 Å². The van der Waals surface area contributed by atoms with Crippen LogP contribution in [0.4, 0.5) is 0 Å². The number of aromatic nitrogens is 5. The van der Waals surface area contributed by atoms with Gasteiger partial charge < -0.3 is 4.57 Å². The van der Waals surface area contributed by atoms with Crippen LogP contribution in [0.3, 0.4) is 0 Å². The van der Waals surface area contributed by atoms with Gasteiger partial charge in [0.2, 0.25) is 0 Å². The Kier molecular flexibility index (Phi) is 8.19. The third-order valence-corrected chi connectivity index (χ3v) is 14.5. The monoisotopic (exact) mass is 839 g/mol. The Labute approximate surface area is 369 Å². The number of thiophene rings is 2. The summed E-state index contributed by atoms with van der Waals surface area (Å²) in [4.78, 5) is 20.3. The Balaban J connectivity index is 1.04. The molecule has 8 aromatic carbocycles. The first-order valence-corrected chi connectivity index (χ1v) is 22.6. The topological polar surface area (TPSA) is 56.5 Å². The van der Waals surface area contributed by atoms with Crippen LogP contribution >= 0.6 is 22.7 Å². The van der Waals surface area contributed by atoms with Gasteiger partial charge in [-0.1, -0.05) is 127 Å². The van der Waals surface area contributed by atoms with Gasteiger partial charge in [-0.2, -0.15) is 0 Å². The Morgan fingerprint density at radius 1 is 0.349 bits per heavy atom. The Morgan fingerprint density at radius 2 is 0.968 bits per heavy atom. The quantitative estimate of drug-likeness (QED) is 0.167. The van der Waals surface area contributed by atoms with Crippen molar-refractivity contribution in [3.8, 4) is 62.1 Å². The second-order valence-corrected chi connectivity index (χ2v) is 18.0. The number of nitrogens with zero attached hydrogens (tertiary/aromatic N) is 5. The highest BCUT2D eigenvalue weighted by Gasteiger charge is 2.21. The molecular weight excluding hydrogens is 807 g/mol. The van der Waals surface area contributed by atoms with Gasteiger partial charge in [0.1, 0.15) is 0 Å². The van der Waals surface area contributed by atoms with Gasteiger partial charge in [0.05, 0.1) is 15.7 Å². The molecule has 13 rings (SSSR count). The zero-order valence-electron chi connectivity index (χ0n) is 33.6. The lowest BCUT2D eigenvalue weighted by Gasteiger charge is -2.13. The molecule has 0 aliphatic carbocycles. The van der Waals surface area contributed by atoms with Gasteiger partial charge in [-0.3, -0.25) is 4.98 Å². The van der Waals surface area contributed by atoms with Crippen molar-refractivity contribution in [3.05, 3.63) is 200 Å². The molecule has 5 nitrogen and oxygen atoms in total. The van der Waals surface area contributed by atoms with Crippen molar-refractivity contribution in [2.75, 3.05) is 0 Å². The maximum atomic E-state index is 5.34. The molecule has 0 saturated carbocycles. The second-order valence-electron chi connectivity index (χ2n) is 15.9. The zero-order chi connectivity index (χ0) is 41.4. The first kappa shape index (κ1) is 35.9. The van der Waals surface area contributed by atoms with Crippen molar-refractivity contribution < 1.29 is 0 Å². The molecule has 0 spiro atoms. The molecule has 0 unspecified atom stereocenters. The number of rotatable bonds is 6. The molecule has 13 aromatic rings. The molecule has 0 atom stereocenters. The fraction of sp³-hybridized carbons (Fsp3) is 0. The van der Waals surface area contributed by atoms with Crippen LogP contribution in [0.5, 0.6) is 0 Å². The molecule has 0 amide bonds. The van der Waals surface area contributed by atoms with Crippen molar-refractivity contribution >= 4 is 84.8 Å². The maximum absolute atomic E-state index is 5.34. The van der Waals surface area contributed by atoms with E-state index >= 15 is 0 Å². The van der Waals surface area contributed by atoms with Gasteiger partial charge in [-0.25, -0.2) is 15.0 Å². The number of benzene rings is 8. The first-order valence-electron chi connectivity index (χ1n) is 20.9. The van der Waals surface area contributed by atoms with Gasteiger partial charge in [0.25, 0.3) is 0 Å². The highest BCUT2D eigenvalue weighted by Crippen LogP contribution is 2.44. The number of hydrogen-bond donors (Lipinski definition) is 0. The molecule has 294 valence electrons. The van der Waals surface area contributed by atoms with E-state index in [1.807, 2.05) is 48.0 Å². The molecule has 0 bridgehead atoms. The van der Waals surface area contributed by atoms with Crippen molar-refractivity contribution in [1.29, 1.82) is 0 Å². The number of pyridine rings is 1. The molecule has 0 aliphatic heterocycles. The fourth-order valence-electron chi connectivity index (χ4n) is 9.16. The van der Waals surface area contributed by atoms with Crippen LogP contribution in [0.15, 0.2) is 200 Å². The summed E-state index contributed by atoms with van der Waals surface area (Å²) in [6.07, 6.45) is 3.85. The van der Waals surface area contributed by atoms with Crippen molar-refractivity contribution in [1.82, 2.24) is 24.5 Å². The molecule has 5 aromatic heterocycles. The fourth-order valence-corrected chi connectivity index (χ4v) is 11.4. The number of hydrogen-bond acceptors (Lipinski definition) is 6. The van der Waals surface area contributed by atoms with Gasteiger partial charge in [-0.15, -0.1) is 22.7 Å². The smallest absolute Gasteiger partial charge is 0.165 e. The van der Waals surface area contributed by atoms with Crippen LogP contribution < -0.4 is 0 Å². The van der Waals surface area contributed by atoms with Crippen LogP contribution in [0.25, 0.3) is 124 Å². The predicted molar refractivity (Wildman–Crippen MR) is 265 cm³/mol. The van der Waals surface area contributed by atoms with Gasteiger partial charge >= 0.3 is 0 Å². The Hall–Kier alpha value is -7.84. The van der Waals surface area contributed by atoms with Crippen LogP contribution in [0, 0.1) is 0 Å². The minimum absolute atomic E-state index is 0.620. The lowest BCUT2D eigenvalue weighted by Crippen LogP contribution is -2.01. The van der Waals surface area contributed by atoms with Crippen molar-refractivity contribution in [2.45, 2.75) is 0 Å². The van der Waals surface area contributed by atoms with E-state index in [1.54, 1.807) is 11.3 Å². The van der Waals surface area contributed by atoms with Gasteiger partial charge in [0.15, 0.2) is 17.5 Å². The zero-order valence-corrected chi connectivity index (χ0v) is 35.2. The minimum Gasteiger partial charge on any atom is -0.309 e. The largest absolute Gasteiger partial charge is 0.309 e. The Morgan fingerprint density at radius 3 is 1.83 bits per heavy atom. The van der Waals surface area contributed by atoms with E-state index in [0.29, 0.717) is 17.5 Å². The minimum atomic E-state index is 0.620. The Bertz CT molecular complexity index is 3920. The van der Waals surface area contributed by atoms with E-state index in [0.717, 1.165) is 64.7 Å². The normalized spacial score (nSPS) is 11.8. The standard InChI is InChI=1S/C56H33N5S2/c1-3-12-34(13-4-1)36-16-11-17-39(28-36)55-58-54(35-14-5-2-6-15-35)59-56(60-55)47-32-40(31-46-43-26-27-57-33-52(43)63-53(46)47)61-48-20-9-7-18-41(48)44-29-37(22-24-49(44)61)38-23-25-51-45(30-38)42-19-8-10-21-50(42)62-51/h1-33H. The van der Waals surface area contributed by atoms with E-state index in [1.165, 1.54) is 42.1 Å². The second kappa shape index (κ2) is 14.4. The van der Waals surface area contributed by atoms with Crippen LogP contribution in [0.1, 0.15) is 0 Å². The summed E-state index contributed by atoms with van der Waals surface area (Å²) < 4.78 is 7.25. The van der Waals surface area contributed by atoms with Crippen LogP contribution in [-0.4, -0.2) is 24.5 Å². The number of fused-ring (bicyclic) bond motifs is 9. The van der Waals surface area contributed by atoms with Crippen LogP contribution in [0.2, 0.25) is 0 Å². The molecule has 0 radical (unpaired) electrons. The molecule has 0 fully saturated rings. The maximum Gasteiger partial charge on any atom is 0.165 e. The SMILES string of the molecule is c1ccc(-c2cccc(-c3nc(-c4ccccc4)nc(-c4cc(-n5c6ccccc6c6cc(-c7ccc8sc9ccccc9c8c7)ccc65)cc5c4sc4cnccc45)n3)c2)cc1. The summed E-state index contributed by atoms with van der Waals surface area (Å²) in [7, 11) is 0. The van der Waals surface area contributed by atoms with Crippen molar-refractivity contribution in [2.24, 2.45) is 0 Å². The van der Waals surface area contributed by atoms with Crippen molar-refractivity contribution in [3.63, 3.8) is 0 Å². The highest BCUT2D eigenvalue weighted by atomic mass is 32.1. The summed E-state index contributed by atoms with van der Waals surface area (Å²) in [5, 5.41) is 7.30. The van der Waals surface area contributed by atoms with E-state index < -0.39 is 0 Å². The summed E-state index contributed by atoms with van der Waals surface area (Å²) in [5.41, 5.74) is 10.7. The average molecular weight is 840 g/mol. The molecule has 0 saturated heterocycles. The predicted octanol–water partition coefficient (Wildman–Crippen LogP) is 15.4. The summed E-state index contributed by atoms with van der Waals surface area (Å²) >= 11 is 3.58. The van der Waals surface area contributed by atoms with E-state index in [-0.39, 0.29) is 0 Å². The highest BCUT2D eigenvalue weighted by molar-refractivity contribution is 7.26. The van der Waals surface area contributed by atoms with E-state index in [4.69, 9.17) is 15.0 Å². The van der Waals surface area contributed by atoms with E-state index in [2.05, 4.69) is 173 Å². The average Bonchev–Trinajstić information content (AvgIpc) is 4.03. The molecule has 0 N–H and O–H groups in total. The molecule has 7 heteroatoms. The molecule has 0 aliphatic rings. The molecule has 63 heavy (non-hydrogen) atoms. The summed E-state index contributed by atoms with van der Waals surface area (Å²) in [5.74, 6) is 1.87. The van der Waals surface area contributed by atoms with Gasteiger partial charge in [0, 0.05) is 81.2 Å². The molecule has 5 heterocycles.